The van der Waals surface area contributed by atoms with Crippen molar-refractivity contribution in [1.82, 2.24) is 10.2 Å². The summed E-state index contributed by atoms with van der Waals surface area (Å²) >= 11 is 0. The molecule has 1 fully saturated rings. The Morgan fingerprint density at radius 2 is 1.81 bits per heavy atom. The maximum Gasteiger partial charge on any atom is 0.161 e. The van der Waals surface area contributed by atoms with Crippen LogP contribution in [0, 0.1) is 0 Å². The Balaban J connectivity index is 1.67. The fraction of sp³-hybridized carbons (Fsp3) is 0.478. The Morgan fingerprint density at radius 3 is 2.52 bits per heavy atom. The van der Waals surface area contributed by atoms with Crippen molar-refractivity contribution in [2.75, 3.05) is 33.4 Å². The molecule has 0 spiro atoms. The molecule has 0 bridgehead atoms. The van der Waals surface area contributed by atoms with Gasteiger partial charge in [0.25, 0.3) is 0 Å². The molecule has 1 saturated heterocycles. The van der Waals surface area contributed by atoms with Gasteiger partial charge in [0.2, 0.25) is 0 Å². The number of nitrogens with one attached hydrogen (secondary N) is 1. The van der Waals surface area contributed by atoms with Gasteiger partial charge in [0.05, 0.1) is 13.7 Å². The molecule has 27 heavy (non-hydrogen) atoms. The number of ether oxygens (including phenoxy) is 2. The van der Waals surface area contributed by atoms with Crippen LogP contribution >= 0.6 is 0 Å². The minimum absolute atomic E-state index is 0.325. The summed E-state index contributed by atoms with van der Waals surface area (Å²) in [6.07, 6.45) is 3.62. The molecule has 1 unspecified atom stereocenters. The van der Waals surface area contributed by atoms with Crippen LogP contribution in [-0.4, -0.2) is 38.3 Å². The van der Waals surface area contributed by atoms with Gasteiger partial charge in [0, 0.05) is 19.1 Å². The first-order valence-electron chi connectivity index (χ1n) is 10.1. The van der Waals surface area contributed by atoms with Crippen LogP contribution in [0.2, 0.25) is 0 Å². The highest BCUT2D eigenvalue weighted by atomic mass is 16.5. The summed E-state index contributed by atoms with van der Waals surface area (Å²) in [5.41, 5.74) is 2.55. The van der Waals surface area contributed by atoms with E-state index in [0.717, 1.165) is 31.0 Å². The molecule has 0 saturated carbocycles. The van der Waals surface area contributed by atoms with Gasteiger partial charge in [-0.05, 0) is 55.6 Å². The van der Waals surface area contributed by atoms with E-state index >= 15 is 0 Å². The second kappa shape index (κ2) is 10.3. The van der Waals surface area contributed by atoms with Crippen molar-refractivity contribution in [3.8, 4) is 11.5 Å². The first kappa shape index (κ1) is 19.7. The summed E-state index contributed by atoms with van der Waals surface area (Å²) < 4.78 is 11.3. The lowest BCUT2D eigenvalue weighted by Gasteiger charge is -2.25. The number of methoxy groups -OCH3 is 1. The third-order valence-corrected chi connectivity index (χ3v) is 5.08. The van der Waals surface area contributed by atoms with Crippen molar-refractivity contribution in [2.24, 2.45) is 0 Å². The molecule has 0 amide bonds. The van der Waals surface area contributed by atoms with E-state index in [1.807, 2.05) is 6.07 Å². The van der Waals surface area contributed by atoms with Gasteiger partial charge in [-0.15, -0.1) is 0 Å². The molecular weight excluding hydrogens is 336 g/mol. The third-order valence-electron chi connectivity index (χ3n) is 5.08. The fourth-order valence-corrected chi connectivity index (χ4v) is 3.59. The van der Waals surface area contributed by atoms with E-state index in [0.29, 0.717) is 12.6 Å². The zero-order valence-electron chi connectivity index (χ0n) is 16.6. The summed E-state index contributed by atoms with van der Waals surface area (Å²) in [6, 6.07) is 17.3. The zero-order valence-corrected chi connectivity index (χ0v) is 16.6. The van der Waals surface area contributed by atoms with Gasteiger partial charge in [-0.1, -0.05) is 43.3 Å². The highest BCUT2D eigenvalue weighted by Gasteiger charge is 2.18. The molecule has 146 valence electrons. The Morgan fingerprint density at radius 1 is 1.04 bits per heavy atom. The minimum Gasteiger partial charge on any atom is -0.493 e. The van der Waals surface area contributed by atoms with Crippen molar-refractivity contribution < 1.29 is 9.47 Å². The molecule has 1 heterocycles. The number of hydrogen-bond acceptors (Lipinski definition) is 4. The molecule has 1 aliphatic rings. The molecule has 2 aromatic carbocycles. The molecule has 4 nitrogen and oxygen atoms in total. The van der Waals surface area contributed by atoms with E-state index in [4.69, 9.17) is 9.47 Å². The van der Waals surface area contributed by atoms with E-state index < -0.39 is 0 Å². The smallest absolute Gasteiger partial charge is 0.161 e. The highest BCUT2D eigenvalue weighted by Crippen LogP contribution is 2.28. The lowest BCUT2D eigenvalue weighted by molar-refractivity contribution is 0.290. The Bertz CT molecular complexity index is 684. The number of benzene rings is 2. The Labute approximate surface area is 163 Å². The Kier molecular flexibility index (Phi) is 7.55. The summed E-state index contributed by atoms with van der Waals surface area (Å²) in [5.74, 6) is 1.62. The molecular formula is C23H32N2O2. The molecule has 0 radical (unpaired) electrons. The van der Waals surface area contributed by atoms with Crippen molar-refractivity contribution in [1.29, 1.82) is 0 Å². The maximum atomic E-state index is 5.76. The molecule has 1 atom stereocenters. The fourth-order valence-electron chi connectivity index (χ4n) is 3.59. The number of likely N-dealkylation sites (tertiary alicyclic amines) is 1. The standard InChI is InChI=1S/C23H32N2O2/c1-3-15-27-22-12-11-19(16-23(22)26-2)17-24-21(18-25-13-7-8-14-25)20-9-5-4-6-10-20/h4-6,9-12,16,21,24H,3,7-8,13-15,17-18H2,1-2H3. The predicted molar refractivity (Wildman–Crippen MR) is 110 cm³/mol. The van der Waals surface area contributed by atoms with E-state index in [1.54, 1.807) is 7.11 Å². The van der Waals surface area contributed by atoms with E-state index in [-0.39, 0.29) is 0 Å². The molecule has 0 aliphatic carbocycles. The van der Waals surface area contributed by atoms with Crippen LogP contribution in [0.15, 0.2) is 48.5 Å². The summed E-state index contributed by atoms with van der Waals surface area (Å²) in [5, 5.41) is 3.76. The second-order valence-electron chi connectivity index (χ2n) is 7.19. The topological polar surface area (TPSA) is 33.7 Å². The number of hydrogen-bond donors (Lipinski definition) is 1. The van der Waals surface area contributed by atoms with Crippen molar-refractivity contribution in [3.05, 3.63) is 59.7 Å². The normalized spacial score (nSPS) is 15.6. The van der Waals surface area contributed by atoms with Crippen LogP contribution in [0.25, 0.3) is 0 Å². The lowest BCUT2D eigenvalue weighted by atomic mass is 10.1. The van der Waals surface area contributed by atoms with Crippen LogP contribution in [0.5, 0.6) is 11.5 Å². The predicted octanol–water partition coefficient (Wildman–Crippen LogP) is 4.41. The van der Waals surface area contributed by atoms with Gasteiger partial charge < -0.3 is 19.7 Å². The number of rotatable bonds is 10. The van der Waals surface area contributed by atoms with Gasteiger partial charge in [0.1, 0.15) is 0 Å². The average molecular weight is 369 g/mol. The molecule has 1 aliphatic heterocycles. The quantitative estimate of drug-likeness (QED) is 0.673. The van der Waals surface area contributed by atoms with Crippen LogP contribution < -0.4 is 14.8 Å². The monoisotopic (exact) mass is 368 g/mol. The van der Waals surface area contributed by atoms with Gasteiger partial charge in [0.15, 0.2) is 11.5 Å². The van der Waals surface area contributed by atoms with Gasteiger partial charge in [-0.2, -0.15) is 0 Å². The van der Waals surface area contributed by atoms with E-state index in [9.17, 15) is 0 Å². The molecule has 0 aromatic heterocycles. The first-order chi connectivity index (χ1) is 13.3. The van der Waals surface area contributed by atoms with Gasteiger partial charge in [-0.3, -0.25) is 0 Å². The van der Waals surface area contributed by atoms with Crippen molar-refractivity contribution in [3.63, 3.8) is 0 Å². The van der Waals surface area contributed by atoms with Gasteiger partial charge in [-0.25, -0.2) is 0 Å². The molecule has 4 heteroatoms. The van der Waals surface area contributed by atoms with E-state index in [2.05, 4.69) is 59.6 Å². The zero-order chi connectivity index (χ0) is 18.9. The van der Waals surface area contributed by atoms with Crippen molar-refractivity contribution in [2.45, 2.75) is 38.8 Å². The van der Waals surface area contributed by atoms with Crippen LogP contribution in [0.3, 0.4) is 0 Å². The van der Waals surface area contributed by atoms with Crippen LogP contribution in [-0.2, 0) is 6.54 Å². The average Bonchev–Trinajstić information content (AvgIpc) is 3.23. The molecule has 1 N–H and O–H groups in total. The number of nitrogens with zero attached hydrogens (tertiary/aromatic N) is 1. The lowest BCUT2D eigenvalue weighted by Crippen LogP contribution is -2.33. The summed E-state index contributed by atoms with van der Waals surface area (Å²) in [7, 11) is 1.70. The Hall–Kier alpha value is -2.04. The summed E-state index contributed by atoms with van der Waals surface area (Å²) in [4.78, 5) is 2.56. The molecule has 3 rings (SSSR count). The highest BCUT2D eigenvalue weighted by molar-refractivity contribution is 5.43. The third kappa shape index (κ3) is 5.72. The minimum atomic E-state index is 0.325. The SMILES string of the molecule is CCCOc1ccc(CNC(CN2CCCC2)c2ccccc2)cc1OC. The van der Waals surface area contributed by atoms with Crippen LogP contribution in [0.4, 0.5) is 0 Å². The molecule has 2 aromatic rings. The van der Waals surface area contributed by atoms with Crippen molar-refractivity contribution >= 4 is 0 Å². The van der Waals surface area contributed by atoms with Gasteiger partial charge >= 0.3 is 0 Å². The maximum absolute atomic E-state index is 5.76. The first-order valence-corrected chi connectivity index (χ1v) is 10.1. The second-order valence-corrected chi connectivity index (χ2v) is 7.19. The van der Waals surface area contributed by atoms with E-state index in [1.165, 1.54) is 37.1 Å². The van der Waals surface area contributed by atoms with Crippen LogP contribution in [0.1, 0.15) is 43.4 Å². The largest absolute Gasteiger partial charge is 0.493 e. The summed E-state index contributed by atoms with van der Waals surface area (Å²) in [6.45, 7) is 7.09.